The second-order valence-electron chi connectivity index (χ2n) is 8.27. The highest BCUT2D eigenvalue weighted by atomic mass is 35.5. The average Bonchev–Trinajstić information content (AvgIpc) is 2.64. The fraction of sp³-hybridized carbons (Fsp3) is 0.375. The van der Waals surface area contributed by atoms with E-state index < -0.39 is 0 Å². The first-order valence-corrected chi connectivity index (χ1v) is 9.91. The Bertz CT molecular complexity index is 986. The zero-order chi connectivity index (χ0) is 20.3. The third kappa shape index (κ3) is 5.40. The molecule has 0 amide bonds. The van der Waals surface area contributed by atoms with Gasteiger partial charge in [-0.15, -0.1) is 0 Å². The molecule has 1 aromatic heterocycles. The van der Waals surface area contributed by atoms with Gasteiger partial charge in [0.05, 0.1) is 16.5 Å². The predicted octanol–water partition coefficient (Wildman–Crippen LogP) is 2.28. The van der Waals surface area contributed by atoms with Crippen molar-refractivity contribution in [3.8, 4) is 16.9 Å². The number of phenolic OH excluding ortho intramolecular Hbond substituents is 1. The lowest BCUT2D eigenvalue weighted by molar-refractivity contribution is -0.00000755. The Morgan fingerprint density at radius 2 is 1.59 bits per heavy atom. The van der Waals surface area contributed by atoms with Crippen LogP contribution in [0.2, 0.25) is 0 Å². The van der Waals surface area contributed by atoms with Crippen molar-refractivity contribution in [2.45, 2.75) is 34.2 Å². The number of phenols is 1. The third-order valence-electron chi connectivity index (χ3n) is 4.73. The van der Waals surface area contributed by atoms with Gasteiger partial charge in [-0.25, -0.2) is 0 Å². The summed E-state index contributed by atoms with van der Waals surface area (Å²) >= 11 is 0. The van der Waals surface area contributed by atoms with Crippen LogP contribution in [-0.2, 0) is 6.54 Å². The molecular formula is C24H29ClNO3-. The van der Waals surface area contributed by atoms with Crippen molar-refractivity contribution in [2.75, 3.05) is 13.1 Å². The number of benzene rings is 2. The van der Waals surface area contributed by atoms with Crippen LogP contribution >= 0.6 is 0 Å². The van der Waals surface area contributed by atoms with Crippen molar-refractivity contribution in [3.05, 3.63) is 64.5 Å². The number of nitrogens with zero attached hydrogens (tertiary/aromatic N) is 1. The van der Waals surface area contributed by atoms with Gasteiger partial charge in [0.1, 0.15) is 17.6 Å². The van der Waals surface area contributed by atoms with Crippen LogP contribution in [0.4, 0.5) is 0 Å². The minimum absolute atomic E-state index is 0. The number of aromatic hydroxyl groups is 1. The predicted molar refractivity (Wildman–Crippen MR) is 115 cm³/mol. The lowest BCUT2D eigenvalue weighted by Gasteiger charge is -2.26. The smallest absolute Gasteiger partial charge is 0.200 e. The van der Waals surface area contributed by atoms with E-state index in [9.17, 15) is 9.90 Å². The van der Waals surface area contributed by atoms with E-state index in [2.05, 4.69) is 32.6 Å². The zero-order valence-electron chi connectivity index (χ0n) is 17.5. The Morgan fingerprint density at radius 1 is 0.966 bits per heavy atom. The van der Waals surface area contributed by atoms with Crippen LogP contribution in [0, 0.1) is 11.8 Å². The third-order valence-corrected chi connectivity index (χ3v) is 4.73. The molecule has 0 saturated carbocycles. The maximum Gasteiger partial charge on any atom is 0.200 e. The first-order valence-electron chi connectivity index (χ1n) is 9.91. The highest BCUT2D eigenvalue weighted by molar-refractivity contribution is 5.85. The number of hydrogen-bond acceptors (Lipinski definition) is 4. The molecule has 29 heavy (non-hydrogen) atoms. The fourth-order valence-electron chi connectivity index (χ4n) is 3.68. The Morgan fingerprint density at radius 3 is 2.17 bits per heavy atom. The van der Waals surface area contributed by atoms with Crippen LogP contribution in [-0.4, -0.2) is 23.1 Å². The quantitative estimate of drug-likeness (QED) is 0.644. The molecule has 0 bridgehead atoms. The normalized spacial score (nSPS) is 11.4. The fourth-order valence-corrected chi connectivity index (χ4v) is 3.68. The molecule has 0 atom stereocenters. The SMILES string of the molecule is CC(C)CN(Cc1c(O)ccc2c(=O)c(-c3ccccc3)coc12)CC(C)C.[Cl-]. The Balaban J connectivity index is 0.00000300. The van der Waals surface area contributed by atoms with Crippen molar-refractivity contribution < 1.29 is 21.9 Å². The highest BCUT2D eigenvalue weighted by Crippen LogP contribution is 2.29. The molecule has 0 aliphatic carbocycles. The second-order valence-corrected chi connectivity index (χ2v) is 8.27. The maximum atomic E-state index is 13.1. The number of rotatable bonds is 7. The molecule has 1 heterocycles. The minimum Gasteiger partial charge on any atom is -1.00 e. The molecule has 0 unspecified atom stereocenters. The summed E-state index contributed by atoms with van der Waals surface area (Å²) in [5.74, 6) is 1.18. The van der Waals surface area contributed by atoms with Gasteiger partial charge in [0.2, 0.25) is 5.43 Å². The Hall–Kier alpha value is -2.30. The summed E-state index contributed by atoms with van der Waals surface area (Å²) in [6.07, 6.45) is 1.51. The van der Waals surface area contributed by atoms with Gasteiger partial charge in [0.15, 0.2) is 0 Å². The molecule has 2 aromatic carbocycles. The van der Waals surface area contributed by atoms with Gasteiger partial charge in [0, 0.05) is 19.6 Å². The van der Waals surface area contributed by atoms with E-state index in [0.717, 1.165) is 18.7 Å². The monoisotopic (exact) mass is 414 g/mol. The number of halogens is 1. The molecule has 3 aromatic rings. The minimum atomic E-state index is -0.0760. The summed E-state index contributed by atoms with van der Waals surface area (Å²) in [6, 6.07) is 12.8. The van der Waals surface area contributed by atoms with Crippen LogP contribution < -0.4 is 17.8 Å². The first-order chi connectivity index (χ1) is 13.4. The van der Waals surface area contributed by atoms with Crippen molar-refractivity contribution in [2.24, 2.45) is 11.8 Å². The molecule has 0 fully saturated rings. The Labute approximate surface area is 178 Å². The molecule has 0 saturated heterocycles. The zero-order valence-corrected chi connectivity index (χ0v) is 18.2. The molecule has 1 N–H and O–H groups in total. The van der Waals surface area contributed by atoms with E-state index in [1.165, 1.54) is 6.26 Å². The van der Waals surface area contributed by atoms with Crippen LogP contribution in [0.15, 0.2) is 57.9 Å². The average molecular weight is 415 g/mol. The largest absolute Gasteiger partial charge is 1.00 e. The molecule has 0 aliphatic rings. The topological polar surface area (TPSA) is 53.7 Å². The molecule has 0 radical (unpaired) electrons. The summed E-state index contributed by atoms with van der Waals surface area (Å²) in [4.78, 5) is 15.4. The summed E-state index contributed by atoms with van der Waals surface area (Å²) in [5, 5.41) is 11.0. The molecule has 3 rings (SSSR count). The van der Waals surface area contributed by atoms with Gasteiger partial charge in [-0.1, -0.05) is 58.0 Å². The van der Waals surface area contributed by atoms with Crippen LogP contribution in [0.1, 0.15) is 33.3 Å². The van der Waals surface area contributed by atoms with Crippen molar-refractivity contribution in [1.82, 2.24) is 4.90 Å². The summed E-state index contributed by atoms with van der Waals surface area (Å²) in [7, 11) is 0. The van der Waals surface area contributed by atoms with Gasteiger partial charge >= 0.3 is 0 Å². The van der Waals surface area contributed by atoms with Crippen LogP contribution in [0.3, 0.4) is 0 Å². The maximum absolute atomic E-state index is 13.1. The van der Waals surface area contributed by atoms with Crippen LogP contribution in [0.25, 0.3) is 22.1 Å². The van der Waals surface area contributed by atoms with Crippen LogP contribution in [0.5, 0.6) is 5.75 Å². The second kappa shape index (κ2) is 9.95. The lowest BCUT2D eigenvalue weighted by atomic mass is 10.0. The number of fused-ring (bicyclic) bond motifs is 1. The molecule has 4 nitrogen and oxygen atoms in total. The first kappa shape index (κ1) is 23.0. The molecule has 0 spiro atoms. The highest BCUT2D eigenvalue weighted by Gasteiger charge is 2.18. The van der Waals surface area contributed by atoms with E-state index in [-0.39, 0.29) is 23.6 Å². The van der Waals surface area contributed by atoms with Gasteiger partial charge in [-0.05, 0) is 29.5 Å². The lowest BCUT2D eigenvalue weighted by Crippen LogP contribution is -3.00. The Kier molecular flexibility index (Phi) is 7.88. The summed E-state index contributed by atoms with van der Waals surface area (Å²) in [5.41, 5.74) is 2.44. The summed E-state index contributed by atoms with van der Waals surface area (Å²) in [6.45, 7) is 11.1. The van der Waals surface area contributed by atoms with E-state index in [0.29, 0.717) is 40.5 Å². The van der Waals surface area contributed by atoms with Gasteiger partial charge in [0.25, 0.3) is 0 Å². The molecule has 5 heteroatoms. The molecule has 0 aliphatic heterocycles. The van der Waals surface area contributed by atoms with Crippen molar-refractivity contribution in [3.63, 3.8) is 0 Å². The summed E-state index contributed by atoms with van der Waals surface area (Å²) < 4.78 is 5.91. The standard InChI is InChI=1S/C24H29NO3.ClH/c1-16(2)12-25(13-17(3)4)14-20-22(26)11-10-19-23(27)21(15-28-24(19)20)18-8-6-5-7-9-18;/h5-11,15-17,26H,12-14H2,1-4H3;1H/p-1. The van der Waals surface area contributed by atoms with E-state index in [4.69, 9.17) is 4.42 Å². The van der Waals surface area contributed by atoms with Gasteiger partial charge in [-0.2, -0.15) is 0 Å². The van der Waals surface area contributed by atoms with Crippen molar-refractivity contribution in [1.29, 1.82) is 0 Å². The molecule has 156 valence electrons. The van der Waals surface area contributed by atoms with Crippen molar-refractivity contribution >= 4 is 11.0 Å². The van der Waals surface area contributed by atoms with E-state index in [1.807, 2.05) is 30.3 Å². The number of hydrogen-bond donors (Lipinski definition) is 1. The van der Waals surface area contributed by atoms with Gasteiger partial charge < -0.3 is 21.9 Å². The molecular weight excluding hydrogens is 386 g/mol. The van der Waals surface area contributed by atoms with E-state index in [1.54, 1.807) is 12.1 Å². The van der Waals surface area contributed by atoms with Gasteiger partial charge in [-0.3, -0.25) is 9.69 Å². The van der Waals surface area contributed by atoms with E-state index >= 15 is 0 Å².